The van der Waals surface area contributed by atoms with E-state index in [1.807, 2.05) is 83.1 Å². The van der Waals surface area contributed by atoms with Crippen molar-refractivity contribution in [3.05, 3.63) is 12.2 Å². The predicted molar refractivity (Wildman–Crippen MR) is 218 cm³/mol. The SMILES string of the molecule is C=C(C)C(=O)O.CCC(O)C(O)CC.CCC(O)C(O)CC.CCC(O)C(O)CC.CCC(O)C(O)CC.CCC(O)C(O)CC.CCC(O)C(O)CC. The van der Waals surface area contributed by atoms with E-state index in [1.165, 1.54) is 6.92 Å². The molecule has 0 fully saturated rings. The molecule has 14 nitrogen and oxygen atoms in total. The van der Waals surface area contributed by atoms with Crippen molar-refractivity contribution in [1.29, 1.82) is 0 Å². The fraction of sp³-hybridized carbons (Fsp3) is 0.925. The van der Waals surface area contributed by atoms with E-state index < -0.39 is 79.2 Å². The van der Waals surface area contributed by atoms with Gasteiger partial charge >= 0.3 is 5.97 Å². The van der Waals surface area contributed by atoms with Gasteiger partial charge < -0.3 is 66.4 Å². The van der Waals surface area contributed by atoms with Crippen LogP contribution in [0.15, 0.2) is 12.2 Å². The van der Waals surface area contributed by atoms with Gasteiger partial charge in [-0.2, -0.15) is 0 Å². The Kier molecular flexibility index (Phi) is 59.8. The van der Waals surface area contributed by atoms with Gasteiger partial charge in [0.1, 0.15) is 0 Å². The molecule has 54 heavy (non-hydrogen) atoms. The topological polar surface area (TPSA) is 280 Å². The minimum atomic E-state index is -0.935. The summed E-state index contributed by atoms with van der Waals surface area (Å²) in [5, 5.41) is 114. The normalized spacial score (nSPS) is 16.8. The Morgan fingerprint density at radius 2 is 0.370 bits per heavy atom. The first-order valence-electron chi connectivity index (χ1n) is 20.0. The first-order chi connectivity index (χ1) is 25.0. The van der Waals surface area contributed by atoms with Crippen molar-refractivity contribution in [3.63, 3.8) is 0 Å². The second kappa shape index (κ2) is 47.9. The van der Waals surface area contributed by atoms with Gasteiger partial charge in [0, 0.05) is 5.57 Å². The Morgan fingerprint density at radius 3 is 0.389 bits per heavy atom. The highest BCUT2D eigenvalue weighted by Gasteiger charge is 2.13. The van der Waals surface area contributed by atoms with E-state index in [9.17, 15) is 4.79 Å². The van der Waals surface area contributed by atoms with Gasteiger partial charge in [0.15, 0.2) is 0 Å². The zero-order valence-electron chi connectivity index (χ0n) is 36.3. The van der Waals surface area contributed by atoms with Crippen molar-refractivity contribution in [1.82, 2.24) is 0 Å². The summed E-state index contributed by atoms with van der Waals surface area (Å²) >= 11 is 0. The van der Waals surface area contributed by atoms with E-state index in [-0.39, 0.29) is 5.57 Å². The lowest BCUT2D eigenvalue weighted by Crippen LogP contribution is -2.23. The molecular weight excluding hydrogens is 704 g/mol. The van der Waals surface area contributed by atoms with Crippen LogP contribution in [0.25, 0.3) is 0 Å². The molecule has 14 heteroatoms. The Labute approximate surface area is 329 Å². The van der Waals surface area contributed by atoms with Gasteiger partial charge in [-0.15, -0.1) is 0 Å². The van der Waals surface area contributed by atoms with Gasteiger partial charge in [0.05, 0.1) is 73.2 Å². The number of rotatable bonds is 19. The summed E-state index contributed by atoms with van der Waals surface area (Å²) < 4.78 is 0. The first kappa shape index (κ1) is 67.5. The van der Waals surface area contributed by atoms with E-state index in [2.05, 4.69) is 6.58 Å². The third-order valence-corrected chi connectivity index (χ3v) is 8.05. The number of carboxylic acids is 1. The molecule has 0 spiro atoms. The van der Waals surface area contributed by atoms with Gasteiger partial charge in [-0.3, -0.25) is 0 Å². The molecule has 334 valence electrons. The summed E-state index contributed by atoms with van der Waals surface area (Å²) in [6.45, 7) is 26.8. The monoisotopic (exact) mass is 795 g/mol. The smallest absolute Gasteiger partial charge is 0.330 e. The Bertz CT molecular complexity index is 561. The number of carboxylic acid groups (broad SMARTS) is 1. The lowest BCUT2D eigenvalue weighted by Gasteiger charge is -2.12. The fourth-order valence-electron chi connectivity index (χ4n) is 3.26. The van der Waals surface area contributed by atoms with Crippen LogP contribution in [0.2, 0.25) is 0 Å². The van der Waals surface area contributed by atoms with Gasteiger partial charge in [0.2, 0.25) is 0 Å². The van der Waals surface area contributed by atoms with Crippen LogP contribution in [-0.2, 0) is 4.79 Å². The second-order valence-corrected chi connectivity index (χ2v) is 12.8. The Balaban J connectivity index is -0.0000000956. The van der Waals surface area contributed by atoms with Gasteiger partial charge in [0.25, 0.3) is 0 Å². The standard InChI is InChI=1S/6C6H14O2.C4H6O2/c6*1-3-5(7)6(8)4-2;1-3(2)4(5)6/h6*5-8H,3-4H2,1-2H3;1H2,2H3,(H,5,6). The molecule has 13 N–H and O–H groups in total. The summed E-state index contributed by atoms with van der Waals surface area (Å²) in [6, 6.07) is 0. The number of hydrogen-bond donors (Lipinski definition) is 13. The third-order valence-electron chi connectivity index (χ3n) is 8.05. The molecule has 0 aliphatic heterocycles. The molecule has 0 aliphatic carbocycles. The van der Waals surface area contributed by atoms with Crippen LogP contribution >= 0.6 is 0 Å². The molecule has 0 saturated heterocycles. The number of hydrogen-bond acceptors (Lipinski definition) is 13. The average Bonchev–Trinajstić information content (AvgIpc) is 3.20. The fourth-order valence-corrected chi connectivity index (χ4v) is 3.26. The summed E-state index contributed by atoms with van der Waals surface area (Å²) in [4.78, 5) is 9.60. The van der Waals surface area contributed by atoms with E-state index >= 15 is 0 Å². The molecule has 0 radical (unpaired) electrons. The molecule has 0 aromatic rings. The lowest BCUT2D eigenvalue weighted by molar-refractivity contribution is -0.132. The highest BCUT2D eigenvalue weighted by atomic mass is 16.4. The van der Waals surface area contributed by atoms with E-state index in [0.29, 0.717) is 77.0 Å². The van der Waals surface area contributed by atoms with Gasteiger partial charge in [-0.1, -0.05) is 89.7 Å². The maximum atomic E-state index is 9.60. The molecule has 0 rings (SSSR count). The minimum absolute atomic E-state index is 0.176. The van der Waals surface area contributed by atoms with Crippen molar-refractivity contribution in [2.75, 3.05) is 0 Å². The molecular formula is C40H90O14. The summed E-state index contributed by atoms with van der Waals surface area (Å²) in [7, 11) is 0. The molecule has 0 aliphatic rings. The Morgan fingerprint density at radius 1 is 0.315 bits per heavy atom. The van der Waals surface area contributed by atoms with Gasteiger partial charge in [-0.25, -0.2) is 4.79 Å². The van der Waals surface area contributed by atoms with Crippen LogP contribution in [0.1, 0.15) is 167 Å². The summed E-state index contributed by atoms with van der Waals surface area (Å²) in [5.41, 5.74) is 0.176. The quantitative estimate of drug-likeness (QED) is 0.0829. The number of aliphatic carboxylic acids is 1. The van der Waals surface area contributed by atoms with Crippen molar-refractivity contribution < 1.29 is 71.2 Å². The molecule has 12 unspecified atom stereocenters. The minimum Gasteiger partial charge on any atom is -0.478 e. The van der Waals surface area contributed by atoms with Crippen molar-refractivity contribution in [3.8, 4) is 0 Å². The maximum absolute atomic E-state index is 9.60. The summed E-state index contributed by atoms with van der Waals surface area (Å²) in [6.07, 6.45) is 1.27. The molecule has 0 saturated carbocycles. The first-order valence-corrected chi connectivity index (χ1v) is 20.0. The van der Waals surface area contributed by atoms with Crippen molar-refractivity contribution >= 4 is 5.97 Å². The molecule has 0 aromatic heterocycles. The van der Waals surface area contributed by atoms with E-state index in [4.69, 9.17) is 66.4 Å². The maximum Gasteiger partial charge on any atom is 0.330 e. The number of carbonyl (C=O) groups is 1. The number of aliphatic hydroxyl groups is 12. The largest absolute Gasteiger partial charge is 0.478 e. The van der Waals surface area contributed by atoms with Crippen LogP contribution < -0.4 is 0 Å². The molecule has 0 amide bonds. The van der Waals surface area contributed by atoms with Crippen LogP contribution in [0, 0.1) is 0 Å². The average molecular weight is 795 g/mol. The second-order valence-electron chi connectivity index (χ2n) is 12.8. The zero-order chi connectivity index (χ0) is 44.6. The van der Waals surface area contributed by atoms with Crippen LogP contribution in [0.4, 0.5) is 0 Å². The molecule has 0 bridgehead atoms. The molecule has 12 atom stereocenters. The van der Waals surface area contributed by atoms with Crippen LogP contribution in [0.3, 0.4) is 0 Å². The molecule has 0 heterocycles. The lowest BCUT2D eigenvalue weighted by atomic mass is 10.1. The van der Waals surface area contributed by atoms with E-state index in [0.717, 1.165) is 0 Å². The van der Waals surface area contributed by atoms with Crippen LogP contribution in [0.5, 0.6) is 0 Å². The Hall–Kier alpha value is -1.27. The van der Waals surface area contributed by atoms with E-state index in [1.54, 1.807) is 0 Å². The highest BCUT2D eigenvalue weighted by molar-refractivity contribution is 5.84. The van der Waals surface area contributed by atoms with Crippen molar-refractivity contribution in [2.24, 2.45) is 0 Å². The zero-order valence-corrected chi connectivity index (χ0v) is 36.3. The number of aliphatic hydroxyl groups excluding tert-OH is 12. The van der Waals surface area contributed by atoms with Gasteiger partial charge in [-0.05, 0) is 84.0 Å². The van der Waals surface area contributed by atoms with Crippen molar-refractivity contribution in [2.45, 2.75) is 240 Å². The summed E-state index contributed by atoms with van der Waals surface area (Å²) in [5.74, 6) is -0.935. The third kappa shape index (κ3) is 48.7. The van der Waals surface area contributed by atoms with Crippen LogP contribution in [-0.4, -0.2) is 146 Å². The molecule has 0 aromatic carbocycles. The predicted octanol–water partition coefficient (Wildman–Crippen LogP) is 3.82. The highest BCUT2D eigenvalue weighted by Crippen LogP contribution is 2.04.